The van der Waals surface area contributed by atoms with E-state index in [0.717, 1.165) is 30.4 Å². The van der Waals surface area contributed by atoms with Gasteiger partial charge in [-0.2, -0.15) is 4.31 Å². The molecule has 0 saturated carbocycles. The van der Waals surface area contributed by atoms with Gasteiger partial charge in [-0.05, 0) is 55.2 Å². The lowest BCUT2D eigenvalue weighted by atomic mass is 10.1. The molecule has 0 spiro atoms. The first-order valence-corrected chi connectivity index (χ1v) is 11.7. The Morgan fingerprint density at radius 3 is 2.50 bits per heavy atom. The average Bonchev–Trinajstić information content (AvgIpc) is 2.75. The minimum Gasteiger partial charge on any atom is -0.486 e. The molecule has 0 aliphatic carbocycles. The second kappa shape index (κ2) is 8.65. The highest BCUT2D eigenvalue weighted by Gasteiger charge is 2.26. The third kappa shape index (κ3) is 4.44. The maximum absolute atomic E-state index is 13.0. The fraction of sp³-hybridized carbons (Fsp3) is 0.409. The Morgan fingerprint density at radius 2 is 1.73 bits per heavy atom. The van der Waals surface area contributed by atoms with Crippen LogP contribution < -0.4 is 14.8 Å². The van der Waals surface area contributed by atoms with E-state index >= 15 is 0 Å². The summed E-state index contributed by atoms with van der Waals surface area (Å²) in [6.07, 6.45) is 2.97. The first kappa shape index (κ1) is 20.7. The van der Waals surface area contributed by atoms with Crippen molar-refractivity contribution in [2.24, 2.45) is 0 Å². The zero-order chi connectivity index (χ0) is 21.1. The number of sulfonamides is 1. The van der Waals surface area contributed by atoms with Gasteiger partial charge >= 0.3 is 0 Å². The molecule has 4 rings (SSSR count). The molecule has 0 bridgehead atoms. The molecule has 0 atom stereocenters. The van der Waals surface area contributed by atoms with Gasteiger partial charge in [-0.25, -0.2) is 8.42 Å². The molecular weight excluding hydrogens is 404 g/mol. The maximum atomic E-state index is 13.0. The number of fused-ring (bicyclic) bond motifs is 1. The van der Waals surface area contributed by atoms with Crippen LogP contribution in [0.4, 0.5) is 5.69 Å². The van der Waals surface area contributed by atoms with Gasteiger partial charge in [0.15, 0.2) is 11.5 Å². The van der Waals surface area contributed by atoms with Crippen LogP contribution in [0.15, 0.2) is 41.3 Å². The summed E-state index contributed by atoms with van der Waals surface area (Å²) >= 11 is 0. The number of rotatable bonds is 5. The summed E-state index contributed by atoms with van der Waals surface area (Å²) in [6, 6.07) is 10.3. The zero-order valence-corrected chi connectivity index (χ0v) is 17.8. The molecule has 0 unspecified atom stereocenters. The van der Waals surface area contributed by atoms with Crippen molar-refractivity contribution in [2.45, 2.75) is 37.5 Å². The number of anilines is 1. The molecule has 8 heteroatoms. The summed E-state index contributed by atoms with van der Waals surface area (Å²) < 4.78 is 38.5. The van der Waals surface area contributed by atoms with Crippen LogP contribution in [0.1, 0.15) is 30.4 Å². The summed E-state index contributed by atoms with van der Waals surface area (Å²) in [5.74, 6) is 1.09. The predicted molar refractivity (Wildman–Crippen MR) is 114 cm³/mol. The Bertz CT molecular complexity index is 1050. The minimum atomic E-state index is -3.55. The molecule has 1 N–H and O–H groups in total. The van der Waals surface area contributed by atoms with Crippen molar-refractivity contribution in [3.05, 3.63) is 47.5 Å². The van der Waals surface area contributed by atoms with E-state index in [1.807, 2.05) is 13.0 Å². The Kier molecular flexibility index (Phi) is 5.97. The lowest BCUT2D eigenvalue weighted by Gasteiger charge is -2.26. The zero-order valence-electron chi connectivity index (χ0n) is 17.0. The molecule has 30 heavy (non-hydrogen) atoms. The molecule has 2 aliphatic heterocycles. The fourth-order valence-corrected chi connectivity index (χ4v) is 5.27. The van der Waals surface area contributed by atoms with E-state index in [2.05, 4.69) is 5.32 Å². The monoisotopic (exact) mass is 430 g/mol. The van der Waals surface area contributed by atoms with Crippen LogP contribution in [-0.2, 0) is 21.2 Å². The SMILES string of the molecule is Cc1ccc(S(=O)(=O)N2CCCCC2)cc1NC(=O)Cc1ccc2c(c1)OCCO2. The quantitative estimate of drug-likeness (QED) is 0.788. The number of hydrogen-bond acceptors (Lipinski definition) is 5. The second-order valence-corrected chi connectivity index (χ2v) is 9.58. The molecule has 7 nitrogen and oxygen atoms in total. The Hall–Kier alpha value is -2.58. The minimum absolute atomic E-state index is 0.152. The first-order valence-electron chi connectivity index (χ1n) is 10.2. The van der Waals surface area contributed by atoms with Crippen LogP contribution in [0, 0.1) is 6.92 Å². The molecule has 2 aliphatic rings. The highest BCUT2D eigenvalue weighted by atomic mass is 32.2. The molecule has 160 valence electrons. The molecule has 1 saturated heterocycles. The van der Waals surface area contributed by atoms with E-state index in [1.165, 1.54) is 4.31 Å². The predicted octanol–water partition coefficient (Wildman–Crippen LogP) is 3.12. The molecule has 0 radical (unpaired) electrons. The van der Waals surface area contributed by atoms with E-state index < -0.39 is 10.0 Å². The molecular formula is C22H26N2O5S. The van der Waals surface area contributed by atoms with E-state index in [0.29, 0.717) is 43.5 Å². The average molecular weight is 431 g/mol. The largest absolute Gasteiger partial charge is 0.486 e. The molecule has 2 heterocycles. The molecule has 1 amide bonds. The standard InChI is InChI=1S/C22H26N2O5S/c1-16-5-7-18(30(26,27)24-9-3-2-4-10-24)15-19(16)23-22(25)14-17-6-8-20-21(13-17)29-12-11-28-20/h5-8,13,15H,2-4,9-12,14H2,1H3,(H,23,25). The number of amides is 1. The van der Waals surface area contributed by atoms with Crippen LogP contribution >= 0.6 is 0 Å². The number of piperidine rings is 1. The smallest absolute Gasteiger partial charge is 0.243 e. The lowest BCUT2D eigenvalue weighted by Crippen LogP contribution is -2.35. The number of hydrogen-bond donors (Lipinski definition) is 1. The van der Waals surface area contributed by atoms with Gasteiger partial charge in [0.25, 0.3) is 0 Å². The third-order valence-electron chi connectivity index (χ3n) is 5.41. The fourth-order valence-electron chi connectivity index (χ4n) is 3.73. The number of benzene rings is 2. The molecule has 0 aromatic heterocycles. The highest BCUT2D eigenvalue weighted by molar-refractivity contribution is 7.89. The summed E-state index contributed by atoms with van der Waals surface area (Å²) in [7, 11) is -3.55. The van der Waals surface area contributed by atoms with Crippen molar-refractivity contribution in [2.75, 3.05) is 31.6 Å². The highest BCUT2D eigenvalue weighted by Crippen LogP contribution is 2.31. The van der Waals surface area contributed by atoms with Crippen LogP contribution in [0.2, 0.25) is 0 Å². The topological polar surface area (TPSA) is 84.9 Å². The van der Waals surface area contributed by atoms with Crippen molar-refractivity contribution in [3.8, 4) is 11.5 Å². The van der Waals surface area contributed by atoms with Gasteiger partial charge in [0.05, 0.1) is 11.3 Å². The van der Waals surface area contributed by atoms with Crippen molar-refractivity contribution >= 4 is 21.6 Å². The number of carbonyl (C=O) groups is 1. The van der Waals surface area contributed by atoms with Gasteiger partial charge in [0, 0.05) is 18.8 Å². The first-order chi connectivity index (χ1) is 14.4. The summed E-state index contributed by atoms with van der Waals surface area (Å²) in [5, 5.41) is 2.86. The maximum Gasteiger partial charge on any atom is 0.243 e. The van der Waals surface area contributed by atoms with Crippen molar-refractivity contribution in [3.63, 3.8) is 0 Å². The molecule has 2 aromatic rings. The number of nitrogens with zero attached hydrogens (tertiary/aromatic N) is 1. The van der Waals surface area contributed by atoms with Gasteiger partial charge in [0.1, 0.15) is 13.2 Å². The van der Waals surface area contributed by atoms with Crippen molar-refractivity contribution in [1.82, 2.24) is 4.31 Å². The van der Waals surface area contributed by atoms with Crippen LogP contribution in [-0.4, -0.2) is 44.9 Å². The number of ether oxygens (including phenoxy) is 2. The number of carbonyl (C=O) groups excluding carboxylic acids is 1. The van der Waals surface area contributed by atoms with Crippen LogP contribution in [0.25, 0.3) is 0 Å². The third-order valence-corrected chi connectivity index (χ3v) is 7.30. The van der Waals surface area contributed by atoms with Crippen LogP contribution in [0.5, 0.6) is 11.5 Å². The van der Waals surface area contributed by atoms with E-state index in [4.69, 9.17) is 9.47 Å². The molecule has 1 fully saturated rings. The van der Waals surface area contributed by atoms with Gasteiger partial charge in [-0.3, -0.25) is 4.79 Å². The summed E-state index contributed by atoms with van der Waals surface area (Å²) in [6.45, 7) is 3.93. The van der Waals surface area contributed by atoms with E-state index in [-0.39, 0.29) is 17.2 Å². The Balaban J connectivity index is 1.49. The van der Waals surface area contributed by atoms with Gasteiger partial charge in [0.2, 0.25) is 15.9 Å². The van der Waals surface area contributed by atoms with Gasteiger partial charge in [-0.1, -0.05) is 18.6 Å². The lowest BCUT2D eigenvalue weighted by molar-refractivity contribution is -0.115. The van der Waals surface area contributed by atoms with Gasteiger partial charge in [-0.15, -0.1) is 0 Å². The van der Waals surface area contributed by atoms with Gasteiger partial charge < -0.3 is 14.8 Å². The normalized spacial score (nSPS) is 16.8. The second-order valence-electron chi connectivity index (χ2n) is 7.64. The van der Waals surface area contributed by atoms with E-state index in [9.17, 15) is 13.2 Å². The van der Waals surface area contributed by atoms with Crippen LogP contribution in [0.3, 0.4) is 0 Å². The van der Waals surface area contributed by atoms with Crippen molar-refractivity contribution in [1.29, 1.82) is 0 Å². The number of aryl methyl sites for hydroxylation is 1. The Morgan fingerprint density at radius 1 is 1.00 bits per heavy atom. The Labute approximate surface area is 177 Å². The summed E-state index contributed by atoms with van der Waals surface area (Å²) in [5.41, 5.74) is 2.12. The molecule has 2 aromatic carbocycles. The number of nitrogens with one attached hydrogen (secondary N) is 1. The van der Waals surface area contributed by atoms with E-state index in [1.54, 1.807) is 30.3 Å². The van der Waals surface area contributed by atoms with Crippen molar-refractivity contribution < 1.29 is 22.7 Å². The summed E-state index contributed by atoms with van der Waals surface area (Å²) in [4.78, 5) is 12.8.